The molecule has 6 heteroatoms. The molecule has 3 aromatic rings. The standard InChI is InChI=1S/C23H25N3O3/c1-15-6-5-9-26-17(11-24-22(15)26)10-20(29)25-12-19(28)23(14-25)18(13-27)21(23)16-7-3-2-4-8-16/h2-9,11,18-19,21,27-28H,10,12-14H2,1H3/t18-,19+,21-,23-/m1/s1. The molecule has 4 atom stereocenters. The van der Waals surface area contributed by atoms with Crippen LogP contribution in [-0.4, -0.2) is 56.2 Å². The number of nitrogens with zero attached hydrogens (tertiary/aromatic N) is 3. The summed E-state index contributed by atoms with van der Waals surface area (Å²) in [6.45, 7) is 2.81. The van der Waals surface area contributed by atoms with Crippen LogP contribution in [0.2, 0.25) is 0 Å². The number of pyridine rings is 1. The van der Waals surface area contributed by atoms with Crippen LogP contribution in [0.3, 0.4) is 0 Å². The van der Waals surface area contributed by atoms with Crippen molar-refractivity contribution in [3.05, 3.63) is 71.7 Å². The molecule has 2 aromatic heterocycles. The topological polar surface area (TPSA) is 78.1 Å². The maximum Gasteiger partial charge on any atom is 0.228 e. The Balaban J connectivity index is 1.37. The lowest BCUT2D eigenvalue weighted by Gasteiger charge is -2.17. The van der Waals surface area contributed by atoms with Crippen molar-refractivity contribution < 1.29 is 15.0 Å². The third kappa shape index (κ3) is 2.70. The van der Waals surface area contributed by atoms with E-state index in [2.05, 4.69) is 4.98 Å². The van der Waals surface area contributed by atoms with Gasteiger partial charge in [0.25, 0.3) is 0 Å². The minimum absolute atomic E-state index is 0.0142. The summed E-state index contributed by atoms with van der Waals surface area (Å²) in [5.41, 5.74) is 3.45. The summed E-state index contributed by atoms with van der Waals surface area (Å²) in [6, 6.07) is 14.0. The van der Waals surface area contributed by atoms with Crippen LogP contribution in [0.5, 0.6) is 0 Å². The van der Waals surface area contributed by atoms with Gasteiger partial charge in [-0.3, -0.25) is 4.79 Å². The molecule has 1 aliphatic carbocycles. The highest BCUT2D eigenvalue weighted by Crippen LogP contribution is 2.68. The van der Waals surface area contributed by atoms with Gasteiger partial charge in [-0.15, -0.1) is 0 Å². The number of aryl methyl sites for hydroxylation is 1. The van der Waals surface area contributed by atoms with Gasteiger partial charge in [0.1, 0.15) is 5.65 Å². The van der Waals surface area contributed by atoms with Gasteiger partial charge in [0.2, 0.25) is 5.91 Å². The molecule has 29 heavy (non-hydrogen) atoms. The Kier molecular flexibility index (Phi) is 4.22. The Morgan fingerprint density at radius 2 is 2.03 bits per heavy atom. The number of fused-ring (bicyclic) bond motifs is 1. The number of aliphatic hydroxyl groups excluding tert-OH is 2. The summed E-state index contributed by atoms with van der Waals surface area (Å²) in [4.78, 5) is 19.2. The van der Waals surface area contributed by atoms with Crippen molar-refractivity contribution in [2.24, 2.45) is 11.3 Å². The second kappa shape index (κ2) is 6.68. The van der Waals surface area contributed by atoms with E-state index in [-0.39, 0.29) is 30.8 Å². The van der Waals surface area contributed by atoms with Gasteiger partial charge < -0.3 is 19.5 Å². The number of hydrogen-bond donors (Lipinski definition) is 2. The molecule has 1 aliphatic heterocycles. The summed E-state index contributed by atoms with van der Waals surface area (Å²) in [6.07, 6.45) is 3.29. The molecule has 0 unspecified atom stereocenters. The van der Waals surface area contributed by atoms with Crippen LogP contribution in [0, 0.1) is 18.3 Å². The molecule has 0 radical (unpaired) electrons. The molecule has 1 aromatic carbocycles. The van der Waals surface area contributed by atoms with Crippen LogP contribution in [0.25, 0.3) is 5.65 Å². The van der Waals surface area contributed by atoms with Crippen molar-refractivity contribution in [3.63, 3.8) is 0 Å². The number of carbonyl (C=O) groups excluding carboxylic acids is 1. The molecule has 1 saturated heterocycles. The van der Waals surface area contributed by atoms with E-state index in [4.69, 9.17) is 0 Å². The number of amides is 1. The van der Waals surface area contributed by atoms with Gasteiger partial charge in [-0.25, -0.2) is 4.98 Å². The van der Waals surface area contributed by atoms with Crippen LogP contribution >= 0.6 is 0 Å². The van der Waals surface area contributed by atoms with Crippen LogP contribution in [0.1, 0.15) is 22.7 Å². The lowest BCUT2D eigenvalue weighted by molar-refractivity contribution is -0.130. The highest BCUT2D eigenvalue weighted by atomic mass is 16.3. The predicted molar refractivity (Wildman–Crippen MR) is 108 cm³/mol. The van der Waals surface area contributed by atoms with E-state index in [1.165, 1.54) is 0 Å². The quantitative estimate of drug-likeness (QED) is 0.711. The number of aromatic nitrogens is 2. The first-order valence-corrected chi connectivity index (χ1v) is 10.1. The lowest BCUT2D eigenvalue weighted by Crippen LogP contribution is -2.31. The second-order valence-corrected chi connectivity index (χ2v) is 8.39. The zero-order valence-corrected chi connectivity index (χ0v) is 16.4. The van der Waals surface area contributed by atoms with Crippen molar-refractivity contribution >= 4 is 11.6 Å². The maximum atomic E-state index is 13.1. The Hall–Kier alpha value is -2.70. The highest BCUT2D eigenvalue weighted by molar-refractivity contribution is 5.79. The van der Waals surface area contributed by atoms with Gasteiger partial charge in [0.05, 0.1) is 18.2 Å². The number of carbonyl (C=O) groups is 1. The summed E-state index contributed by atoms with van der Waals surface area (Å²) < 4.78 is 1.95. The third-order valence-electron chi connectivity index (χ3n) is 6.89. The maximum absolute atomic E-state index is 13.1. The number of imidazole rings is 1. The van der Waals surface area contributed by atoms with Crippen LogP contribution < -0.4 is 0 Å². The Morgan fingerprint density at radius 1 is 1.24 bits per heavy atom. The fraction of sp³-hybridized carbons (Fsp3) is 0.391. The predicted octanol–water partition coefficient (Wildman–Crippen LogP) is 1.78. The molecule has 2 N–H and O–H groups in total. The summed E-state index contributed by atoms with van der Waals surface area (Å²) >= 11 is 0. The molecule has 2 fully saturated rings. The average Bonchev–Trinajstić information content (AvgIpc) is 2.97. The number of benzene rings is 1. The molecule has 2 aliphatic rings. The fourth-order valence-corrected chi connectivity index (χ4v) is 5.36. The van der Waals surface area contributed by atoms with E-state index in [1.54, 1.807) is 11.1 Å². The zero-order chi connectivity index (χ0) is 20.2. The normalized spacial score (nSPS) is 28.4. The van der Waals surface area contributed by atoms with Crippen molar-refractivity contribution in [1.29, 1.82) is 0 Å². The molecular formula is C23H25N3O3. The van der Waals surface area contributed by atoms with Crippen LogP contribution in [0.4, 0.5) is 0 Å². The molecule has 1 amide bonds. The summed E-state index contributed by atoms with van der Waals surface area (Å²) in [5.74, 6) is 0.0516. The van der Waals surface area contributed by atoms with Crippen LogP contribution in [-0.2, 0) is 11.2 Å². The number of aliphatic hydroxyl groups is 2. The van der Waals surface area contributed by atoms with Gasteiger partial charge in [-0.05, 0) is 36.0 Å². The first-order chi connectivity index (χ1) is 14.1. The molecule has 6 nitrogen and oxygen atoms in total. The minimum Gasteiger partial charge on any atom is -0.396 e. The fourth-order valence-electron chi connectivity index (χ4n) is 5.36. The molecule has 150 valence electrons. The first-order valence-electron chi connectivity index (χ1n) is 10.1. The van der Waals surface area contributed by atoms with Gasteiger partial charge in [-0.1, -0.05) is 36.4 Å². The van der Waals surface area contributed by atoms with Gasteiger partial charge in [-0.2, -0.15) is 0 Å². The van der Waals surface area contributed by atoms with E-state index >= 15 is 0 Å². The van der Waals surface area contributed by atoms with E-state index in [0.717, 1.165) is 22.5 Å². The number of β-amino-alcohol motifs (C(OH)–C–C–N with tert-alkyl or cyclic N) is 1. The van der Waals surface area contributed by atoms with Crippen molar-refractivity contribution in [2.45, 2.75) is 25.4 Å². The average molecular weight is 391 g/mol. The summed E-state index contributed by atoms with van der Waals surface area (Å²) in [7, 11) is 0. The highest BCUT2D eigenvalue weighted by Gasteiger charge is 2.71. The molecule has 5 rings (SSSR count). The smallest absolute Gasteiger partial charge is 0.228 e. The van der Waals surface area contributed by atoms with Crippen LogP contribution in [0.15, 0.2) is 54.9 Å². The van der Waals surface area contributed by atoms with E-state index in [9.17, 15) is 15.0 Å². The number of likely N-dealkylation sites (tertiary alicyclic amines) is 1. The Bertz CT molecular complexity index is 1060. The SMILES string of the molecule is Cc1cccn2c(CC(=O)N3C[C@H](O)[C@@]4(C3)[C@H](CO)[C@H]4c3ccccc3)cnc12. The van der Waals surface area contributed by atoms with Gasteiger partial charge >= 0.3 is 0 Å². The lowest BCUT2D eigenvalue weighted by atomic mass is 9.95. The zero-order valence-electron chi connectivity index (χ0n) is 16.4. The molecule has 1 spiro atoms. The van der Waals surface area contributed by atoms with E-state index in [0.29, 0.717) is 13.1 Å². The molecule has 3 heterocycles. The van der Waals surface area contributed by atoms with Gasteiger partial charge in [0.15, 0.2) is 0 Å². The second-order valence-electron chi connectivity index (χ2n) is 8.39. The minimum atomic E-state index is -0.627. The van der Waals surface area contributed by atoms with Crippen molar-refractivity contribution in [3.8, 4) is 0 Å². The Labute approximate surface area is 169 Å². The molecule has 0 bridgehead atoms. The largest absolute Gasteiger partial charge is 0.396 e. The third-order valence-corrected chi connectivity index (χ3v) is 6.89. The molecule has 1 saturated carbocycles. The first kappa shape index (κ1) is 18.3. The number of hydrogen-bond acceptors (Lipinski definition) is 4. The summed E-state index contributed by atoms with van der Waals surface area (Å²) in [5, 5.41) is 20.8. The van der Waals surface area contributed by atoms with Crippen molar-refractivity contribution in [2.75, 3.05) is 19.7 Å². The molecular weight excluding hydrogens is 366 g/mol. The van der Waals surface area contributed by atoms with E-state index < -0.39 is 11.5 Å². The van der Waals surface area contributed by atoms with Crippen molar-refractivity contribution in [1.82, 2.24) is 14.3 Å². The van der Waals surface area contributed by atoms with E-state index in [1.807, 2.05) is 60.0 Å². The van der Waals surface area contributed by atoms with Gasteiger partial charge in [0, 0.05) is 37.5 Å². The monoisotopic (exact) mass is 391 g/mol. The number of rotatable bonds is 4. The Morgan fingerprint density at radius 3 is 2.79 bits per heavy atom.